The molecule has 90 valence electrons. The molecule has 0 aromatic carbocycles. The van der Waals surface area contributed by atoms with Crippen molar-refractivity contribution in [3.8, 4) is 0 Å². The van der Waals surface area contributed by atoms with Crippen LogP contribution in [0.2, 0.25) is 0 Å². The summed E-state index contributed by atoms with van der Waals surface area (Å²) in [4.78, 5) is 4.76. The van der Waals surface area contributed by atoms with E-state index >= 15 is 0 Å². The molecule has 4 heteroatoms. The molecule has 2 rings (SSSR count). The fraction of sp³-hybridized carbons (Fsp3) is 0.750. The first-order chi connectivity index (χ1) is 7.49. The predicted octanol–water partition coefficient (Wildman–Crippen LogP) is 4.43. The van der Waals surface area contributed by atoms with Crippen LogP contribution in [0.1, 0.15) is 51.9 Å². The lowest BCUT2D eigenvalue weighted by molar-refractivity contribution is 0.181. The van der Waals surface area contributed by atoms with E-state index in [-0.39, 0.29) is 0 Å². The average molecular weight is 444 g/mol. The van der Waals surface area contributed by atoms with E-state index in [9.17, 15) is 0 Å². The molecule has 4 atom stereocenters. The lowest BCUT2D eigenvalue weighted by Crippen LogP contribution is -2.33. The van der Waals surface area contributed by atoms with Gasteiger partial charge < -0.3 is 4.57 Å². The second kappa shape index (κ2) is 4.74. The number of hydrogen-bond acceptors (Lipinski definition) is 1. The highest BCUT2D eigenvalue weighted by Crippen LogP contribution is 2.44. The molecule has 0 fully saturated rings. The van der Waals surface area contributed by atoms with Crippen molar-refractivity contribution in [3.05, 3.63) is 13.2 Å². The molecule has 2 nitrogen and oxygen atoms in total. The molecule has 0 spiro atoms. The molecule has 0 saturated carbocycles. The standard InChI is InChI=1S/C12H18I2N2/c1-5-9-7(3)6(2)8(4)12-15-10(13)11(14)16(9)12/h6-9H,5H2,1-4H3. The largest absolute Gasteiger partial charge is 0.319 e. The fourth-order valence-electron chi connectivity index (χ4n) is 2.87. The maximum atomic E-state index is 4.76. The van der Waals surface area contributed by atoms with Gasteiger partial charge in [0, 0.05) is 12.0 Å². The molecule has 1 aliphatic rings. The van der Waals surface area contributed by atoms with Gasteiger partial charge in [-0.15, -0.1) is 0 Å². The zero-order chi connectivity index (χ0) is 12.0. The van der Waals surface area contributed by atoms with Gasteiger partial charge in [0.2, 0.25) is 0 Å². The maximum Gasteiger partial charge on any atom is 0.133 e. The molecule has 1 aliphatic heterocycles. The average Bonchev–Trinajstić information content (AvgIpc) is 2.55. The third-order valence-corrected chi connectivity index (χ3v) is 7.04. The molecule has 0 radical (unpaired) electrons. The molecule has 16 heavy (non-hydrogen) atoms. The highest BCUT2D eigenvalue weighted by Gasteiger charge is 2.37. The van der Waals surface area contributed by atoms with Crippen molar-refractivity contribution in [3.63, 3.8) is 0 Å². The number of nitrogens with zero attached hydrogens (tertiary/aromatic N) is 2. The molecule has 1 aromatic heterocycles. The van der Waals surface area contributed by atoms with Crippen LogP contribution in [0, 0.1) is 19.2 Å². The van der Waals surface area contributed by atoms with Gasteiger partial charge >= 0.3 is 0 Å². The first-order valence-electron chi connectivity index (χ1n) is 5.92. The Labute approximate surface area is 125 Å². The van der Waals surface area contributed by atoms with Crippen LogP contribution in [-0.4, -0.2) is 9.55 Å². The van der Waals surface area contributed by atoms with Gasteiger partial charge in [-0.3, -0.25) is 0 Å². The molecule has 1 aromatic rings. The zero-order valence-corrected chi connectivity index (χ0v) is 14.5. The molecule has 4 unspecified atom stereocenters. The van der Waals surface area contributed by atoms with Crippen molar-refractivity contribution < 1.29 is 0 Å². The predicted molar refractivity (Wildman–Crippen MR) is 83.7 cm³/mol. The Balaban J connectivity index is 2.58. The Bertz CT molecular complexity index is 400. The van der Waals surface area contributed by atoms with Gasteiger partial charge in [-0.1, -0.05) is 27.7 Å². The maximum absolute atomic E-state index is 4.76. The fourth-order valence-corrected chi connectivity index (χ4v) is 4.10. The van der Waals surface area contributed by atoms with E-state index in [1.807, 2.05) is 0 Å². The van der Waals surface area contributed by atoms with Gasteiger partial charge in [0.05, 0.1) is 0 Å². The Kier molecular flexibility index (Phi) is 3.88. The third kappa shape index (κ3) is 1.83. The quantitative estimate of drug-likeness (QED) is 0.587. The van der Waals surface area contributed by atoms with Crippen LogP contribution in [-0.2, 0) is 0 Å². The van der Waals surface area contributed by atoms with Crippen molar-refractivity contribution in [1.29, 1.82) is 0 Å². The molecule has 0 amide bonds. The van der Waals surface area contributed by atoms with Gasteiger partial charge in [0.1, 0.15) is 13.2 Å². The molecule has 0 N–H and O–H groups in total. The first-order valence-corrected chi connectivity index (χ1v) is 8.07. The Morgan fingerprint density at radius 1 is 1.19 bits per heavy atom. The Morgan fingerprint density at radius 2 is 1.81 bits per heavy atom. The van der Waals surface area contributed by atoms with Crippen molar-refractivity contribution in [2.75, 3.05) is 0 Å². The molecule has 0 saturated heterocycles. The normalized spacial score (nSPS) is 33.9. The summed E-state index contributed by atoms with van der Waals surface area (Å²) in [5, 5.41) is 0. The SMILES string of the molecule is CCC1C(C)C(C)C(C)c2nc(I)c(I)n21. The van der Waals surface area contributed by atoms with Crippen LogP contribution in [0.25, 0.3) is 0 Å². The first kappa shape index (κ1) is 13.1. The van der Waals surface area contributed by atoms with Gasteiger partial charge in [-0.2, -0.15) is 0 Å². The van der Waals surface area contributed by atoms with Crippen molar-refractivity contribution in [2.45, 2.75) is 46.1 Å². The number of rotatable bonds is 1. The van der Waals surface area contributed by atoms with E-state index in [2.05, 4.69) is 77.4 Å². The van der Waals surface area contributed by atoms with Crippen LogP contribution in [0.4, 0.5) is 0 Å². The Morgan fingerprint density at radius 3 is 2.38 bits per heavy atom. The second-order valence-corrected chi connectivity index (χ2v) is 6.95. The van der Waals surface area contributed by atoms with Crippen LogP contribution < -0.4 is 0 Å². The van der Waals surface area contributed by atoms with Crippen molar-refractivity contribution in [2.24, 2.45) is 11.8 Å². The summed E-state index contributed by atoms with van der Waals surface area (Å²) < 4.78 is 4.97. The summed E-state index contributed by atoms with van der Waals surface area (Å²) in [7, 11) is 0. The van der Waals surface area contributed by atoms with Crippen molar-refractivity contribution >= 4 is 45.2 Å². The summed E-state index contributed by atoms with van der Waals surface area (Å²) in [5.41, 5.74) is 0. The molecule has 0 bridgehead atoms. The lowest BCUT2D eigenvalue weighted by atomic mass is 9.76. The minimum Gasteiger partial charge on any atom is -0.319 e. The number of fused-ring (bicyclic) bond motifs is 1. The number of hydrogen-bond donors (Lipinski definition) is 0. The van der Waals surface area contributed by atoms with Crippen LogP contribution in [0.3, 0.4) is 0 Å². The van der Waals surface area contributed by atoms with E-state index in [0.717, 1.165) is 11.8 Å². The molecular weight excluding hydrogens is 426 g/mol. The summed E-state index contributed by atoms with van der Waals surface area (Å²) in [5.74, 6) is 3.35. The van der Waals surface area contributed by atoms with Crippen LogP contribution >= 0.6 is 45.2 Å². The monoisotopic (exact) mass is 444 g/mol. The van der Waals surface area contributed by atoms with Gasteiger partial charge in [-0.05, 0) is 63.4 Å². The lowest BCUT2D eigenvalue weighted by Gasteiger charge is -2.39. The second-order valence-electron chi connectivity index (χ2n) is 4.90. The molecule has 0 aliphatic carbocycles. The summed E-state index contributed by atoms with van der Waals surface area (Å²) in [6.45, 7) is 9.37. The topological polar surface area (TPSA) is 17.8 Å². The van der Waals surface area contributed by atoms with E-state index in [0.29, 0.717) is 12.0 Å². The highest BCUT2D eigenvalue weighted by atomic mass is 127. The minimum absolute atomic E-state index is 0.579. The van der Waals surface area contributed by atoms with Crippen LogP contribution in [0.15, 0.2) is 0 Å². The smallest absolute Gasteiger partial charge is 0.133 e. The number of imidazole rings is 1. The number of aromatic nitrogens is 2. The minimum atomic E-state index is 0.579. The van der Waals surface area contributed by atoms with E-state index in [1.165, 1.54) is 19.6 Å². The summed E-state index contributed by atoms with van der Waals surface area (Å²) in [6.07, 6.45) is 1.20. The van der Waals surface area contributed by atoms with Gasteiger partial charge in [0.15, 0.2) is 0 Å². The highest BCUT2D eigenvalue weighted by molar-refractivity contribution is 14.1. The van der Waals surface area contributed by atoms with E-state index in [1.54, 1.807) is 0 Å². The molecule has 2 heterocycles. The third-order valence-electron chi connectivity index (χ3n) is 4.22. The summed E-state index contributed by atoms with van der Waals surface area (Å²) >= 11 is 4.80. The van der Waals surface area contributed by atoms with Crippen molar-refractivity contribution in [1.82, 2.24) is 9.55 Å². The van der Waals surface area contributed by atoms with Gasteiger partial charge in [0.25, 0.3) is 0 Å². The Hall–Kier alpha value is 0.670. The number of halogens is 2. The zero-order valence-electron chi connectivity index (χ0n) is 10.2. The molecular formula is C12H18I2N2. The van der Waals surface area contributed by atoms with E-state index in [4.69, 9.17) is 4.98 Å². The summed E-state index contributed by atoms with van der Waals surface area (Å²) in [6, 6.07) is 0.629. The van der Waals surface area contributed by atoms with Crippen LogP contribution in [0.5, 0.6) is 0 Å². The van der Waals surface area contributed by atoms with Gasteiger partial charge in [-0.25, -0.2) is 4.98 Å². The van der Waals surface area contributed by atoms with E-state index < -0.39 is 0 Å².